The zero-order chi connectivity index (χ0) is 28.9. The molecule has 8 nitrogen and oxygen atoms in total. The number of piperidine rings is 1. The second kappa shape index (κ2) is 10.6. The summed E-state index contributed by atoms with van der Waals surface area (Å²) < 4.78 is 83.6. The summed E-state index contributed by atoms with van der Waals surface area (Å²) in [4.78, 5) is 17.3. The van der Waals surface area contributed by atoms with Gasteiger partial charge >= 0.3 is 18.8 Å². The molecule has 0 amide bonds. The predicted molar refractivity (Wildman–Crippen MR) is 134 cm³/mol. The third-order valence-electron chi connectivity index (χ3n) is 7.97. The third kappa shape index (κ3) is 5.46. The number of carboxylic acid groups (broad SMARTS) is 1. The summed E-state index contributed by atoms with van der Waals surface area (Å²) in [6.45, 7) is -2.88. The molecule has 1 aliphatic carbocycles. The molecule has 13 heteroatoms. The summed E-state index contributed by atoms with van der Waals surface area (Å²) in [5.74, 6) is -0.770. The Morgan fingerprint density at radius 3 is 2.46 bits per heavy atom. The highest BCUT2D eigenvalue weighted by Crippen LogP contribution is 2.46. The minimum Gasteiger partial charge on any atom is -0.478 e. The van der Waals surface area contributed by atoms with Crippen LogP contribution in [0.1, 0.15) is 71.7 Å². The van der Waals surface area contributed by atoms with Crippen molar-refractivity contribution in [1.29, 1.82) is 0 Å². The second-order valence-corrected chi connectivity index (χ2v) is 10.6. The summed E-state index contributed by atoms with van der Waals surface area (Å²) in [7, 11) is 0. The number of benzene rings is 1. The molecule has 3 fully saturated rings. The maximum Gasteiger partial charge on any atom is 0.417 e. The smallest absolute Gasteiger partial charge is 0.417 e. The summed E-state index contributed by atoms with van der Waals surface area (Å²) >= 11 is 0. The van der Waals surface area contributed by atoms with Gasteiger partial charge in [0.1, 0.15) is 23.0 Å². The van der Waals surface area contributed by atoms with E-state index in [4.69, 9.17) is 14.0 Å². The summed E-state index contributed by atoms with van der Waals surface area (Å²) in [6, 6.07) is 6.91. The zero-order valence-electron chi connectivity index (χ0n) is 21.6. The fourth-order valence-electron chi connectivity index (χ4n) is 6.03. The van der Waals surface area contributed by atoms with Crippen LogP contribution < -0.4 is 9.64 Å². The van der Waals surface area contributed by atoms with E-state index in [0.717, 1.165) is 37.9 Å². The van der Waals surface area contributed by atoms with Crippen LogP contribution in [-0.2, 0) is 17.5 Å². The number of hydrogen-bond acceptors (Lipinski definition) is 7. The van der Waals surface area contributed by atoms with E-state index in [1.54, 1.807) is 18.2 Å². The zero-order valence-corrected chi connectivity index (χ0v) is 21.6. The van der Waals surface area contributed by atoms with Crippen LogP contribution in [0.4, 0.5) is 27.8 Å². The number of aromatic nitrogens is 2. The Morgan fingerprint density at radius 1 is 1.12 bits per heavy atom. The first-order valence-electron chi connectivity index (χ1n) is 13.3. The molecule has 1 saturated carbocycles. The number of fused-ring (bicyclic) bond motifs is 2. The molecule has 218 valence electrons. The molecule has 6 rings (SSSR count). The number of hydrogen-bond donors (Lipinski definition) is 1. The summed E-state index contributed by atoms with van der Waals surface area (Å²) in [5.41, 5.74) is -0.688. The monoisotopic (exact) mass is 579 g/mol. The molecule has 3 aliphatic rings. The molecule has 1 N–H and O–H groups in total. The normalized spacial score (nSPS) is 22.4. The van der Waals surface area contributed by atoms with E-state index in [9.17, 15) is 31.9 Å². The number of pyridine rings is 1. The van der Waals surface area contributed by atoms with Crippen LogP contribution in [0.15, 0.2) is 41.1 Å². The van der Waals surface area contributed by atoms with Crippen LogP contribution in [0.5, 0.6) is 5.75 Å². The van der Waals surface area contributed by atoms with Gasteiger partial charge in [0.2, 0.25) is 0 Å². The number of anilines is 1. The van der Waals surface area contributed by atoms with E-state index in [0.29, 0.717) is 35.4 Å². The largest absolute Gasteiger partial charge is 0.478 e. The molecule has 0 spiro atoms. The lowest BCUT2D eigenvalue weighted by Gasteiger charge is -2.40. The fourth-order valence-corrected chi connectivity index (χ4v) is 6.03. The highest BCUT2D eigenvalue weighted by atomic mass is 19.4. The maximum atomic E-state index is 13.6. The molecule has 0 radical (unpaired) electrons. The van der Waals surface area contributed by atoms with Crippen molar-refractivity contribution >= 4 is 11.8 Å². The topological polar surface area (TPSA) is 97.9 Å². The van der Waals surface area contributed by atoms with Gasteiger partial charge < -0.3 is 24.0 Å². The number of rotatable bonds is 9. The van der Waals surface area contributed by atoms with Crippen LogP contribution in [0.3, 0.4) is 0 Å². The van der Waals surface area contributed by atoms with Gasteiger partial charge in [-0.1, -0.05) is 17.3 Å². The lowest BCUT2D eigenvalue weighted by molar-refractivity contribution is -0.138. The molecule has 1 unspecified atom stereocenters. The highest BCUT2D eigenvalue weighted by Gasteiger charge is 2.44. The molecule has 1 aromatic carbocycles. The number of alkyl halides is 5. The van der Waals surface area contributed by atoms with Gasteiger partial charge in [0.15, 0.2) is 0 Å². The SMILES string of the molecule is O=C(O)c1cnc(N2[C@@H]3CC[C@H]2CC(OCc2c(-c4ccccc4OC(F)F)noc2C2CC2)C3)cc1C(F)(F)F. The highest BCUT2D eigenvalue weighted by molar-refractivity contribution is 5.89. The van der Waals surface area contributed by atoms with Crippen molar-refractivity contribution in [2.45, 2.75) is 82.0 Å². The van der Waals surface area contributed by atoms with Gasteiger partial charge in [-0.25, -0.2) is 9.78 Å². The predicted octanol–water partition coefficient (Wildman–Crippen LogP) is 6.65. The average Bonchev–Trinajstić information content (AvgIpc) is 3.62. The van der Waals surface area contributed by atoms with Gasteiger partial charge in [-0.15, -0.1) is 0 Å². The van der Waals surface area contributed by atoms with Crippen molar-refractivity contribution in [3.63, 3.8) is 0 Å². The van der Waals surface area contributed by atoms with Crippen molar-refractivity contribution in [3.05, 3.63) is 59.0 Å². The first-order valence-corrected chi connectivity index (χ1v) is 13.3. The molecular formula is C28H26F5N3O5. The Kier molecular flexibility index (Phi) is 7.08. The molecule has 2 aromatic heterocycles. The number of ether oxygens (including phenoxy) is 2. The van der Waals surface area contributed by atoms with Gasteiger partial charge in [-0.05, 0) is 56.7 Å². The van der Waals surface area contributed by atoms with Gasteiger partial charge in [0.25, 0.3) is 0 Å². The van der Waals surface area contributed by atoms with E-state index < -0.39 is 29.9 Å². The van der Waals surface area contributed by atoms with Crippen molar-refractivity contribution in [3.8, 4) is 17.0 Å². The Balaban J connectivity index is 1.21. The van der Waals surface area contributed by atoms with E-state index >= 15 is 0 Å². The van der Waals surface area contributed by atoms with Gasteiger partial charge in [-0.3, -0.25) is 0 Å². The fraction of sp³-hybridized carbons (Fsp3) is 0.464. The van der Waals surface area contributed by atoms with Gasteiger partial charge in [0.05, 0.1) is 23.8 Å². The number of carbonyl (C=O) groups is 1. The van der Waals surface area contributed by atoms with E-state index in [2.05, 4.69) is 10.1 Å². The first-order chi connectivity index (χ1) is 19.6. The molecule has 3 atom stereocenters. The third-order valence-corrected chi connectivity index (χ3v) is 7.97. The van der Waals surface area contributed by atoms with Crippen LogP contribution in [0.2, 0.25) is 0 Å². The first kappa shape index (κ1) is 27.4. The maximum absolute atomic E-state index is 13.6. The number of nitrogens with zero attached hydrogens (tertiary/aromatic N) is 3. The average molecular weight is 580 g/mol. The standard InChI is InChI=1S/C28H26F5N3O5/c29-27(30)40-22-4-2-1-3-18(22)24-20(25(41-35-24)14-5-6-14)13-39-17-9-15-7-8-16(10-17)36(15)23-11-21(28(31,32)33)19(12-34-23)26(37)38/h1-4,11-12,14-17,27H,5-10,13H2,(H,37,38)/t15-,16+,17?. The van der Waals surface area contributed by atoms with E-state index in [1.165, 1.54) is 6.07 Å². The lowest BCUT2D eigenvalue weighted by Crippen LogP contribution is -2.46. The van der Waals surface area contributed by atoms with Crippen LogP contribution in [0.25, 0.3) is 11.3 Å². The summed E-state index contributed by atoms with van der Waals surface area (Å²) in [6.07, 6.45) is 0.101. The van der Waals surface area contributed by atoms with Crippen LogP contribution >= 0.6 is 0 Å². The van der Waals surface area contributed by atoms with Crippen molar-refractivity contribution < 1.29 is 45.8 Å². The molecule has 2 bridgehead atoms. The second-order valence-electron chi connectivity index (χ2n) is 10.6. The van der Waals surface area contributed by atoms with Crippen LogP contribution in [0, 0.1) is 0 Å². The van der Waals surface area contributed by atoms with Crippen LogP contribution in [-0.4, -0.2) is 46.0 Å². The number of aromatic carboxylic acids is 1. The van der Waals surface area contributed by atoms with Gasteiger partial charge in [0, 0.05) is 35.3 Å². The van der Waals surface area contributed by atoms with Crippen molar-refractivity contribution in [2.24, 2.45) is 0 Å². The molecule has 2 saturated heterocycles. The molecule has 41 heavy (non-hydrogen) atoms. The molecular weight excluding hydrogens is 553 g/mol. The van der Waals surface area contributed by atoms with E-state index in [-0.39, 0.29) is 42.3 Å². The Morgan fingerprint density at radius 2 is 1.83 bits per heavy atom. The minimum atomic E-state index is -4.83. The Bertz CT molecular complexity index is 1430. The quantitative estimate of drug-likeness (QED) is 0.282. The van der Waals surface area contributed by atoms with Crippen molar-refractivity contribution in [2.75, 3.05) is 4.90 Å². The Hall–Kier alpha value is -3.74. The van der Waals surface area contributed by atoms with Gasteiger partial charge in [-0.2, -0.15) is 22.0 Å². The molecule has 3 aromatic rings. The Labute approximate surface area is 231 Å². The lowest BCUT2D eigenvalue weighted by atomic mass is 9.98. The number of halogens is 5. The molecule has 2 aliphatic heterocycles. The number of para-hydroxylation sites is 1. The molecule has 4 heterocycles. The van der Waals surface area contributed by atoms with E-state index in [1.807, 2.05) is 4.90 Å². The summed E-state index contributed by atoms with van der Waals surface area (Å²) in [5, 5.41) is 13.4. The number of carboxylic acids is 1. The minimum absolute atomic E-state index is 0.0228. The van der Waals surface area contributed by atoms with Crippen molar-refractivity contribution in [1.82, 2.24) is 10.1 Å².